The standard InChI is InChI=1S/C21H31N5O/c1-4-21(2,3)17-10-12-18(13-11-17)23-20(27)19(26-15-22-24-25-26)14-16-8-6-5-7-9-16/h5-9,15,17-19H,4,10-14H2,1-3H3,(H,23,27). The molecule has 1 N–H and O–H groups in total. The van der Waals surface area contributed by atoms with E-state index < -0.39 is 6.04 Å². The first-order valence-electron chi connectivity index (χ1n) is 10.1. The number of nitrogens with one attached hydrogen (secondary N) is 1. The lowest BCUT2D eigenvalue weighted by Crippen LogP contribution is -2.43. The molecule has 6 nitrogen and oxygen atoms in total. The number of amides is 1. The Morgan fingerprint density at radius 1 is 1.22 bits per heavy atom. The third kappa shape index (κ3) is 4.93. The van der Waals surface area contributed by atoms with E-state index >= 15 is 0 Å². The van der Waals surface area contributed by atoms with Crippen molar-refractivity contribution in [3.05, 3.63) is 42.2 Å². The van der Waals surface area contributed by atoms with Gasteiger partial charge in [0.25, 0.3) is 0 Å². The average Bonchev–Trinajstić information content (AvgIpc) is 3.21. The number of tetrazole rings is 1. The average molecular weight is 370 g/mol. The molecule has 0 spiro atoms. The first kappa shape index (κ1) is 19.5. The smallest absolute Gasteiger partial charge is 0.245 e. The fraction of sp³-hybridized carbons (Fsp3) is 0.619. The summed E-state index contributed by atoms with van der Waals surface area (Å²) in [5, 5.41) is 14.7. The summed E-state index contributed by atoms with van der Waals surface area (Å²) in [5.41, 5.74) is 1.48. The Kier molecular flexibility index (Phi) is 6.24. The van der Waals surface area contributed by atoms with E-state index in [1.807, 2.05) is 30.3 Å². The SMILES string of the molecule is CCC(C)(C)C1CCC(NC(=O)C(Cc2ccccc2)n2cnnn2)CC1. The molecule has 1 heterocycles. The van der Waals surface area contributed by atoms with E-state index in [0.717, 1.165) is 24.3 Å². The third-order valence-corrected chi connectivity index (χ3v) is 6.35. The molecule has 1 fully saturated rings. The molecule has 6 heteroatoms. The number of nitrogens with zero attached hydrogens (tertiary/aromatic N) is 4. The molecule has 0 radical (unpaired) electrons. The lowest BCUT2D eigenvalue weighted by atomic mass is 9.69. The monoisotopic (exact) mass is 369 g/mol. The molecule has 1 saturated carbocycles. The largest absolute Gasteiger partial charge is 0.352 e. The Morgan fingerprint density at radius 2 is 1.93 bits per heavy atom. The highest BCUT2D eigenvalue weighted by atomic mass is 16.2. The van der Waals surface area contributed by atoms with E-state index in [0.29, 0.717) is 11.8 Å². The summed E-state index contributed by atoms with van der Waals surface area (Å²) in [6.45, 7) is 7.00. The van der Waals surface area contributed by atoms with Crippen molar-refractivity contribution >= 4 is 5.91 Å². The van der Waals surface area contributed by atoms with Crippen LogP contribution in [0.4, 0.5) is 0 Å². The van der Waals surface area contributed by atoms with Crippen molar-refractivity contribution < 1.29 is 4.79 Å². The van der Waals surface area contributed by atoms with Gasteiger partial charge in [0.2, 0.25) is 5.91 Å². The number of benzene rings is 1. The molecule has 27 heavy (non-hydrogen) atoms. The molecule has 1 atom stereocenters. The minimum absolute atomic E-state index is 0.00403. The lowest BCUT2D eigenvalue weighted by molar-refractivity contribution is -0.125. The second-order valence-electron chi connectivity index (χ2n) is 8.39. The molecule has 0 bridgehead atoms. The predicted molar refractivity (Wildman–Crippen MR) is 105 cm³/mol. The molecule has 1 amide bonds. The number of carbonyl (C=O) groups excluding carboxylic acids is 1. The molecular formula is C21H31N5O. The summed E-state index contributed by atoms with van der Waals surface area (Å²) < 4.78 is 1.56. The Bertz CT molecular complexity index is 705. The van der Waals surface area contributed by atoms with Gasteiger partial charge in [0.1, 0.15) is 12.4 Å². The maximum absolute atomic E-state index is 13.0. The minimum Gasteiger partial charge on any atom is -0.352 e. The van der Waals surface area contributed by atoms with E-state index in [4.69, 9.17) is 0 Å². The van der Waals surface area contributed by atoms with Crippen molar-refractivity contribution in [1.82, 2.24) is 25.5 Å². The zero-order valence-corrected chi connectivity index (χ0v) is 16.6. The third-order valence-electron chi connectivity index (χ3n) is 6.35. The number of hydrogen-bond acceptors (Lipinski definition) is 4. The number of aromatic nitrogens is 4. The Morgan fingerprint density at radius 3 is 2.52 bits per heavy atom. The van der Waals surface area contributed by atoms with E-state index in [2.05, 4.69) is 41.6 Å². The molecular weight excluding hydrogens is 338 g/mol. The van der Waals surface area contributed by atoms with E-state index in [1.165, 1.54) is 25.6 Å². The highest BCUT2D eigenvalue weighted by Crippen LogP contribution is 2.40. The molecule has 1 unspecified atom stereocenters. The van der Waals surface area contributed by atoms with Gasteiger partial charge in [-0.1, -0.05) is 57.5 Å². The summed E-state index contributed by atoms with van der Waals surface area (Å²) in [7, 11) is 0. The van der Waals surface area contributed by atoms with Crippen LogP contribution in [0.25, 0.3) is 0 Å². The van der Waals surface area contributed by atoms with Crippen LogP contribution in [0.5, 0.6) is 0 Å². The van der Waals surface area contributed by atoms with Crippen LogP contribution < -0.4 is 5.32 Å². The Balaban J connectivity index is 1.62. The highest BCUT2D eigenvalue weighted by Gasteiger charge is 2.33. The topological polar surface area (TPSA) is 72.7 Å². The number of rotatable bonds is 7. The number of hydrogen-bond donors (Lipinski definition) is 1. The van der Waals surface area contributed by atoms with Gasteiger partial charge < -0.3 is 5.32 Å². The summed E-state index contributed by atoms with van der Waals surface area (Å²) in [5.74, 6) is 0.750. The molecule has 1 aliphatic rings. The molecule has 0 aliphatic heterocycles. The van der Waals surface area contributed by atoms with Crippen LogP contribution >= 0.6 is 0 Å². The Labute approximate surface area is 161 Å². The lowest BCUT2D eigenvalue weighted by Gasteiger charge is -2.39. The van der Waals surface area contributed by atoms with Gasteiger partial charge in [-0.2, -0.15) is 0 Å². The van der Waals surface area contributed by atoms with Crippen LogP contribution in [0.2, 0.25) is 0 Å². The second kappa shape index (κ2) is 8.63. The van der Waals surface area contributed by atoms with Crippen molar-refractivity contribution in [3.8, 4) is 0 Å². The normalized spacial score (nSPS) is 21.6. The highest BCUT2D eigenvalue weighted by molar-refractivity contribution is 5.80. The van der Waals surface area contributed by atoms with E-state index in [1.54, 1.807) is 4.68 Å². The van der Waals surface area contributed by atoms with Crippen molar-refractivity contribution in [2.45, 2.75) is 71.4 Å². The van der Waals surface area contributed by atoms with Gasteiger partial charge in [-0.15, -0.1) is 5.10 Å². The molecule has 2 aromatic rings. The van der Waals surface area contributed by atoms with E-state index in [9.17, 15) is 4.79 Å². The van der Waals surface area contributed by atoms with Gasteiger partial charge in [-0.25, -0.2) is 4.68 Å². The zero-order chi connectivity index (χ0) is 19.3. The number of carbonyl (C=O) groups is 1. The first-order valence-corrected chi connectivity index (χ1v) is 10.1. The van der Waals surface area contributed by atoms with Crippen molar-refractivity contribution in [2.75, 3.05) is 0 Å². The van der Waals surface area contributed by atoms with Crippen LogP contribution in [0.3, 0.4) is 0 Å². The van der Waals surface area contributed by atoms with Gasteiger partial charge in [0, 0.05) is 12.5 Å². The summed E-state index contributed by atoms with van der Waals surface area (Å²) in [4.78, 5) is 13.0. The first-order chi connectivity index (χ1) is 13.0. The quantitative estimate of drug-likeness (QED) is 0.810. The van der Waals surface area contributed by atoms with Crippen LogP contribution in [0.15, 0.2) is 36.7 Å². The van der Waals surface area contributed by atoms with Crippen molar-refractivity contribution in [3.63, 3.8) is 0 Å². The molecule has 3 rings (SSSR count). The Hall–Kier alpha value is -2.24. The van der Waals surface area contributed by atoms with Gasteiger partial charge in [0.15, 0.2) is 0 Å². The molecule has 1 aromatic carbocycles. The van der Waals surface area contributed by atoms with Gasteiger partial charge >= 0.3 is 0 Å². The fourth-order valence-electron chi connectivity index (χ4n) is 4.06. The summed E-state index contributed by atoms with van der Waals surface area (Å²) in [6.07, 6.45) is 7.76. The second-order valence-corrected chi connectivity index (χ2v) is 8.39. The van der Waals surface area contributed by atoms with Gasteiger partial charge in [-0.3, -0.25) is 4.79 Å². The molecule has 0 saturated heterocycles. The fourth-order valence-corrected chi connectivity index (χ4v) is 4.06. The summed E-state index contributed by atoms with van der Waals surface area (Å²) >= 11 is 0. The molecule has 1 aromatic heterocycles. The van der Waals surface area contributed by atoms with Gasteiger partial charge in [-0.05, 0) is 53.0 Å². The van der Waals surface area contributed by atoms with Crippen LogP contribution in [0.1, 0.15) is 64.5 Å². The predicted octanol–water partition coefficient (Wildman–Crippen LogP) is 3.57. The zero-order valence-electron chi connectivity index (χ0n) is 16.6. The van der Waals surface area contributed by atoms with Crippen LogP contribution in [-0.2, 0) is 11.2 Å². The summed E-state index contributed by atoms with van der Waals surface area (Å²) in [6, 6.07) is 9.83. The molecule has 1 aliphatic carbocycles. The maximum atomic E-state index is 13.0. The van der Waals surface area contributed by atoms with Crippen molar-refractivity contribution in [1.29, 1.82) is 0 Å². The van der Waals surface area contributed by atoms with Gasteiger partial charge in [0.05, 0.1) is 0 Å². The van der Waals surface area contributed by atoms with E-state index in [-0.39, 0.29) is 11.9 Å². The van der Waals surface area contributed by atoms with Crippen LogP contribution in [0, 0.1) is 11.3 Å². The minimum atomic E-state index is -0.424. The van der Waals surface area contributed by atoms with Crippen molar-refractivity contribution in [2.24, 2.45) is 11.3 Å². The molecule has 146 valence electrons. The maximum Gasteiger partial charge on any atom is 0.245 e. The van der Waals surface area contributed by atoms with Crippen LogP contribution in [-0.4, -0.2) is 32.2 Å².